The minimum absolute atomic E-state index is 0.0610. The highest BCUT2D eigenvalue weighted by Gasteiger charge is 2.29. The molecule has 1 aromatic carbocycles. The van der Waals surface area contributed by atoms with Crippen molar-refractivity contribution in [3.63, 3.8) is 0 Å². The number of nitrogens with zero attached hydrogens (tertiary/aromatic N) is 1. The summed E-state index contributed by atoms with van der Waals surface area (Å²) in [4.78, 5) is 15.4. The highest BCUT2D eigenvalue weighted by atomic mass is 32.1. The van der Waals surface area contributed by atoms with E-state index in [1.807, 2.05) is 46.7 Å². The van der Waals surface area contributed by atoms with Crippen molar-refractivity contribution in [2.24, 2.45) is 0 Å². The molecule has 0 spiro atoms. The number of hydrogen-bond donors (Lipinski definition) is 0. The van der Waals surface area contributed by atoms with Gasteiger partial charge >= 0.3 is 0 Å². The molecule has 0 bridgehead atoms. The van der Waals surface area contributed by atoms with Gasteiger partial charge in [0.2, 0.25) is 0 Å². The van der Waals surface area contributed by atoms with Gasteiger partial charge in [0.15, 0.2) is 0 Å². The van der Waals surface area contributed by atoms with Gasteiger partial charge in [-0.2, -0.15) is 0 Å². The summed E-state index contributed by atoms with van der Waals surface area (Å²) in [6, 6.07) is 12.4. The molecule has 0 unspecified atom stereocenters. The molecule has 1 amide bonds. The van der Waals surface area contributed by atoms with Crippen molar-refractivity contribution >= 4 is 29.0 Å². The van der Waals surface area contributed by atoms with Gasteiger partial charge in [-0.15, -0.1) is 11.3 Å². The molecule has 19 heavy (non-hydrogen) atoms. The summed E-state index contributed by atoms with van der Waals surface area (Å²) >= 11 is 1.64. The smallest absolute Gasteiger partial charge is 0.251 e. The zero-order valence-electron chi connectivity index (χ0n) is 10.7. The van der Waals surface area contributed by atoms with Crippen LogP contribution < -0.4 is 4.90 Å². The third kappa shape index (κ3) is 2.34. The lowest BCUT2D eigenvalue weighted by atomic mass is 10.1. The van der Waals surface area contributed by atoms with Gasteiger partial charge in [-0.05, 0) is 42.5 Å². The number of hydrogen-bond acceptors (Lipinski definition) is 2. The summed E-state index contributed by atoms with van der Waals surface area (Å²) in [5.74, 6) is 0.0610. The first-order chi connectivity index (χ1) is 9.25. The molecule has 0 fully saturated rings. The molecular weight excluding hydrogens is 254 g/mol. The van der Waals surface area contributed by atoms with E-state index in [0.29, 0.717) is 0 Å². The number of anilines is 1. The summed E-state index contributed by atoms with van der Waals surface area (Å²) in [6.45, 7) is 2.09. The van der Waals surface area contributed by atoms with Gasteiger partial charge in [0.1, 0.15) is 0 Å². The molecule has 0 saturated carbocycles. The molecule has 0 aliphatic carbocycles. The molecule has 96 valence electrons. The van der Waals surface area contributed by atoms with Crippen molar-refractivity contribution in [3.05, 3.63) is 58.3 Å². The van der Waals surface area contributed by atoms with Gasteiger partial charge < -0.3 is 4.90 Å². The van der Waals surface area contributed by atoms with E-state index < -0.39 is 0 Å². The molecule has 0 radical (unpaired) electrons. The Morgan fingerprint density at radius 1 is 1.32 bits per heavy atom. The number of fused-ring (bicyclic) bond motifs is 1. The van der Waals surface area contributed by atoms with E-state index >= 15 is 0 Å². The summed E-state index contributed by atoms with van der Waals surface area (Å²) < 4.78 is 0. The average Bonchev–Trinajstić information content (AvgIpc) is 3.02. The molecule has 2 aromatic rings. The number of carbonyl (C=O) groups is 1. The van der Waals surface area contributed by atoms with Crippen LogP contribution in [0.15, 0.2) is 47.9 Å². The lowest BCUT2D eigenvalue weighted by Crippen LogP contribution is -2.34. The number of carbonyl (C=O) groups excluding carboxylic acids is 1. The first-order valence-corrected chi connectivity index (χ1v) is 7.26. The number of para-hydroxylation sites is 1. The monoisotopic (exact) mass is 269 g/mol. The molecule has 0 saturated heterocycles. The third-order valence-corrected chi connectivity index (χ3v) is 4.22. The Morgan fingerprint density at radius 2 is 2.16 bits per heavy atom. The lowest BCUT2D eigenvalue weighted by Gasteiger charge is -2.20. The highest BCUT2D eigenvalue weighted by Crippen LogP contribution is 2.32. The molecule has 1 atom stereocenters. The molecule has 1 aliphatic heterocycles. The Kier molecular flexibility index (Phi) is 3.22. The number of thiophene rings is 1. The van der Waals surface area contributed by atoms with Crippen molar-refractivity contribution in [3.8, 4) is 0 Å². The zero-order chi connectivity index (χ0) is 13.2. The van der Waals surface area contributed by atoms with Crippen molar-refractivity contribution in [1.29, 1.82) is 0 Å². The Labute approximate surface area is 117 Å². The first kappa shape index (κ1) is 12.2. The fourth-order valence-electron chi connectivity index (χ4n) is 2.52. The largest absolute Gasteiger partial charge is 0.305 e. The fraction of sp³-hybridized carbons (Fsp3) is 0.188. The minimum atomic E-state index is 0.0610. The van der Waals surface area contributed by atoms with E-state index in [-0.39, 0.29) is 11.9 Å². The van der Waals surface area contributed by atoms with Crippen LogP contribution in [0.5, 0.6) is 0 Å². The van der Waals surface area contributed by atoms with Crippen molar-refractivity contribution in [2.75, 3.05) is 4.90 Å². The van der Waals surface area contributed by atoms with Gasteiger partial charge in [-0.1, -0.05) is 24.3 Å². The first-order valence-electron chi connectivity index (χ1n) is 6.38. The molecule has 3 heteroatoms. The quantitative estimate of drug-likeness (QED) is 0.761. The van der Waals surface area contributed by atoms with Crippen LogP contribution in [0, 0.1) is 0 Å². The summed E-state index contributed by atoms with van der Waals surface area (Å²) in [6.07, 6.45) is 4.50. The Bertz CT molecular complexity index is 615. The van der Waals surface area contributed by atoms with E-state index in [4.69, 9.17) is 0 Å². The molecule has 1 aromatic heterocycles. The highest BCUT2D eigenvalue weighted by molar-refractivity contribution is 7.10. The molecular formula is C16H15NOS. The minimum Gasteiger partial charge on any atom is -0.305 e. The van der Waals surface area contributed by atoms with Crippen LogP contribution in [0.3, 0.4) is 0 Å². The van der Waals surface area contributed by atoms with E-state index in [0.717, 1.165) is 17.0 Å². The maximum absolute atomic E-state index is 12.4. The van der Waals surface area contributed by atoms with Gasteiger partial charge in [0.25, 0.3) is 5.91 Å². The van der Waals surface area contributed by atoms with Gasteiger partial charge in [0, 0.05) is 22.7 Å². The maximum atomic E-state index is 12.4. The number of benzene rings is 1. The van der Waals surface area contributed by atoms with Crippen LogP contribution in [0.2, 0.25) is 0 Å². The Balaban J connectivity index is 1.84. The van der Waals surface area contributed by atoms with Crippen LogP contribution in [0.1, 0.15) is 17.4 Å². The Morgan fingerprint density at radius 3 is 2.95 bits per heavy atom. The third-order valence-electron chi connectivity index (χ3n) is 3.38. The summed E-state index contributed by atoms with van der Waals surface area (Å²) in [7, 11) is 0. The predicted molar refractivity (Wildman–Crippen MR) is 80.4 cm³/mol. The van der Waals surface area contributed by atoms with Crippen molar-refractivity contribution in [2.45, 2.75) is 19.4 Å². The van der Waals surface area contributed by atoms with E-state index in [2.05, 4.69) is 13.0 Å². The fourth-order valence-corrected chi connectivity index (χ4v) is 3.14. The van der Waals surface area contributed by atoms with Crippen LogP contribution in [-0.4, -0.2) is 11.9 Å². The average molecular weight is 269 g/mol. The molecule has 3 rings (SSSR count). The van der Waals surface area contributed by atoms with Crippen molar-refractivity contribution in [1.82, 2.24) is 0 Å². The van der Waals surface area contributed by atoms with Gasteiger partial charge in [-0.3, -0.25) is 4.79 Å². The standard InChI is InChI=1S/C16H15NOS/c1-12-11-13-5-2-3-7-15(13)17(12)16(18)9-8-14-6-4-10-19-14/h2-10,12H,11H2,1H3/b9-8+/t12-/m1/s1. The van der Waals surface area contributed by atoms with Gasteiger partial charge in [0.05, 0.1) is 0 Å². The number of rotatable bonds is 2. The van der Waals surface area contributed by atoms with E-state index in [9.17, 15) is 4.79 Å². The second-order valence-electron chi connectivity index (χ2n) is 4.74. The van der Waals surface area contributed by atoms with Crippen molar-refractivity contribution < 1.29 is 4.79 Å². The summed E-state index contributed by atoms with van der Waals surface area (Å²) in [5, 5.41) is 2.01. The molecule has 2 nitrogen and oxygen atoms in total. The second-order valence-corrected chi connectivity index (χ2v) is 5.72. The van der Waals surface area contributed by atoms with Gasteiger partial charge in [-0.25, -0.2) is 0 Å². The maximum Gasteiger partial charge on any atom is 0.251 e. The van der Waals surface area contributed by atoms with Crippen LogP contribution in [0.25, 0.3) is 6.08 Å². The summed E-state index contributed by atoms with van der Waals surface area (Å²) in [5.41, 5.74) is 2.31. The Hall–Kier alpha value is -1.87. The SMILES string of the molecule is C[C@@H]1Cc2ccccc2N1C(=O)/C=C/c1cccs1. The lowest BCUT2D eigenvalue weighted by molar-refractivity contribution is -0.114. The van der Waals surface area contributed by atoms with E-state index in [1.165, 1.54) is 5.56 Å². The number of amides is 1. The molecule has 2 heterocycles. The van der Waals surface area contributed by atoms with Crippen LogP contribution in [-0.2, 0) is 11.2 Å². The molecule has 1 aliphatic rings. The predicted octanol–water partition coefficient (Wildman–Crippen LogP) is 3.74. The normalized spacial score (nSPS) is 17.9. The zero-order valence-corrected chi connectivity index (χ0v) is 11.6. The topological polar surface area (TPSA) is 20.3 Å². The van der Waals surface area contributed by atoms with Crippen LogP contribution >= 0.6 is 11.3 Å². The van der Waals surface area contributed by atoms with Crippen LogP contribution in [0.4, 0.5) is 5.69 Å². The molecule has 0 N–H and O–H groups in total. The van der Waals surface area contributed by atoms with E-state index in [1.54, 1.807) is 17.4 Å². The second kappa shape index (κ2) is 5.02.